The minimum Gasteiger partial charge on any atom is -0.493 e. The van der Waals surface area contributed by atoms with Crippen molar-refractivity contribution >= 4 is 24.8 Å². The number of carbonyl (C=O) groups excluding carboxylic acids is 1. The highest BCUT2D eigenvalue weighted by Gasteiger charge is 2.47. The number of ether oxygens (including phenoxy) is 4. The molecule has 2 aromatic heterocycles. The summed E-state index contributed by atoms with van der Waals surface area (Å²) in [7, 11) is 0.275. The third-order valence-corrected chi connectivity index (χ3v) is 11.1. The number of methoxy groups -OCH3 is 1. The van der Waals surface area contributed by atoms with Gasteiger partial charge in [-0.15, -0.1) is 0 Å². The molecule has 48 heavy (non-hydrogen) atoms. The van der Waals surface area contributed by atoms with Gasteiger partial charge < -0.3 is 28.6 Å². The maximum atomic E-state index is 15.4. The fourth-order valence-electron chi connectivity index (χ4n) is 6.47. The van der Waals surface area contributed by atoms with E-state index in [9.17, 15) is 9.90 Å². The first kappa shape index (κ1) is 34.1. The smallest absolute Gasteiger partial charge is 0.163 e. The van der Waals surface area contributed by atoms with E-state index in [0.717, 1.165) is 36.4 Å². The molecule has 10 heteroatoms. The summed E-state index contributed by atoms with van der Waals surface area (Å²) in [5.74, 6) is 1.33. The number of rotatable bonds is 16. The van der Waals surface area contributed by atoms with E-state index in [1.165, 1.54) is 6.07 Å². The predicted molar refractivity (Wildman–Crippen MR) is 187 cm³/mol. The van der Waals surface area contributed by atoms with Gasteiger partial charge in [-0.3, -0.25) is 4.79 Å². The number of Topliss-reactive ketones (excluding diaryl/α,β-unsaturated/α-hetero) is 1. The van der Waals surface area contributed by atoms with E-state index >= 15 is 4.39 Å². The van der Waals surface area contributed by atoms with E-state index in [4.69, 9.17) is 23.9 Å². The van der Waals surface area contributed by atoms with Crippen LogP contribution < -0.4 is 14.2 Å². The number of halogens is 1. The van der Waals surface area contributed by atoms with Gasteiger partial charge in [-0.25, -0.2) is 9.37 Å². The van der Waals surface area contributed by atoms with Gasteiger partial charge in [0.2, 0.25) is 0 Å². The van der Waals surface area contributed by atoms with Crippen LogP contribution in [0.5, 0.6) is 17.2 Å². The molecule has 1 N–H and O–H groups in total. The third-order valence-electron chi connectivity index (χ3n) is 9.38. The molecule has 2 aromatic carbocycles. The molecular formula is C38H47FN2O6Si. The summed E-state index contributed by atoms with van der Waals surface area (Å²) in [6.07, 6.45) is 5.49. The SMILES string of the molecule is CCCOc1ccc(C(=O)CCC(O)(c2cc3c(c(-c4cn(COCC[Si](C)(C)C)c5c(F)cccc45)n2)OCC3)C2CC2)cc1OC. The van der Waals surface area contributed by atoms with Crippen LogP contribution in [0, 0.1) is 11.7 Å². The average molecular weight is 675 g/mol. The molecule has 1 unspecified atom stereocenters. The monoisotopic (exact) mass is 674 g/mol. The summed E-state index contributed by atoms with van der Waals surface area (Å²) in [4.78, 5) is 18.6. The van der Waals surface area contributed by atoms with Gasteiger partial charge in [-0.2, -0.15) is 0 Å². The van der Waals surface area contributed by atoms with Gasteiger partial charge in [0, 0.05) is 55.8 Å². The Morgan fingerprint density at radius 3 is 2.69 bits per heavy atom. The van der Waals surface area contributed by atoms with Crippen molar-refractivity contribution in [1.29, 1.82) is 0 Å². The van der Waals surface area contributed by atoms with E-state index in [0.29, 0.717) is 71.3 Å². The Kier molecular flexibility index (Phi) is 9.97. The number of benzene rings is 2. The summed E-state index contributed by atoms with van der Waals surface area (Å²) < 4.78 is 40.6. The molecule has 8 nitrogen and oxygen atoms in total. The van der Waals surface area contributed by atoms with Crippen molar-refractivity contribution in [3.05, 3.63) is 71.3 Å². The molecule has 0 bridgehead atoms. The molecule has 0 amide bonds. The molecule has 1 fully saturated rings. The lowest BCUT2D eigenvalue weighted by Gasteiger charge is -2.29. The van der Waals surface area contributed by atoms with Crippen molar-refractivity contribution in [3.63, 3.8) is 0 Å². The molecule has 4 aromatic rings. The number of fused-ring (bicyclic) bond motifs is 2. The van der Waals surface area contributed by atoms with Gasteiger partial charge in [-0.05, 0) is 68.0 Å². The van der Waals surface area contributed by atoms with Crippen LogP contribution in [0.15, 0.2) is 48.7 Å². The van der Waals surface area contributed by atoms with Crippen molar-refractivity contribution in [2.75, 3.05) is 26.9 Å². The number of hydrogen-bond donors (Lipinski definition) is 1. The molecule has 3 heterocycles. The zero-order chi connectivity index (χ0) is 34.1. The number of nitrogens with zero attached hydrogens (tertiary/aromatic N) is 2. The van der Waals surface area contributed by atoms with Gasteiger partial charge in [0.05, 0.1) is 31.5 Å². The maximum Gasteiger partial charge on any atom is 0.163 e. The van der Waals surface area contributed by atoms with E-state index in [1.54, 1.807) is 35.9 Å². The van der Waals surface area contributed by atoms with Crippen LogP contribution in [0.2, 0.25) is 25.7 Å². The van der Waals surface area contributed by atoms with Crippen molar-refractivity contribution in [1.82, 2.24) is 9.55 Å². The summed E-state index contributed by atoms with van der Waals surface area (Å²) in [6, 6.07) is 13.2. The van der Waals surface area contributed by atoms with Gasteiger partial charge in [0.15, 0.2) is 17.3 Å². The molecule has 1 saturated carbocycles. The Balaban J connectivity index is 1.31. The van der Waals surface area contributed by atoms with Gasteiger partial charge in [-0.1, -0.05) is 38.7 Å². The number of aliphatic hydroxyl groups is 1. The maximum absolute atomic E-state index is 15.4. The fraction of sp³-hybridized carbons (Fsp3) is 0.474. The fourth-order valence-corrected chi connectivity index (χ4v) is 7.23. The topological polar surface area (TPSA) is 92.0 Å². The Bertz CT molecular complexity index is 1800. The minimum absolute atomic E-state index is 0.0102. The Labute approximate surface area is 283 Å². The number of hydrogen-bond acceptors (Lipinski definition) is 7. The second-order valence-electron chi connectivity index (χ2n) is 14.3. The molecule has 2 aliphatic rings. The first-order valence-corrected chi connectivity index (χ1v) is 20.8. The molecule has 1 aliphatic carbocycles. The molecule has 1 aliphatic heterocycles. The molecule has 256 valence electrons. The summed E-state index contributed by atoms with van der Waals surface area (Å²) in [5, 5.41) is 13.1. The average Bonchev–Trinajstić information content (AvgIpc) is 3.71. The van der Waals surface area contributed by atoms with E-state index in [-0.39, 0.29) is 37.1 Å². The van der Waals surface area contributed by atoms with Crippen LogP contribution in [0.1, 0.15) is 60.6 Å². The van der Waals surface area contributed by atoms with Crippen LogP contribution in [0.4, 0.5) is 4.39 Å². The first-order valence-electron chi connectivity index (χ1n) is 17.1. The highest BCUT2D eigenvalue weighted by Crippen LogP contribution is 2.50. The molecule has 0 radical (unpaired) electrons. The van der Waals surface area contributed by atoms with Crippen molar-refractivity contribution in [2.45, 2.75) is 83.5 Å². The molecule has 1 atom stereocenters. The van der Waals surface area contributed by atoms with Crippen molar-refractivity contribution in [3.8, 4) is 28.5 Å². The van der Waals surface area contributed by atoms with E-state index in [1.807, 2.05) is 25.3 Å². The third kappa shape index (κ3) is 7.16. The van der Waals surface area contributed by atoms with Crippen LogP contribution in [0.25, 0.3) is 22.2 Å². The molecule has 0 saturated heterocycles. The Hall–Kier alpha value is -3.73. The minimum atomic E-state index is -1.31. The zero-order valence-electron chi connectivity index (χ0n) is 28.7. The highest BCUT2D eigenvalue weighted by molar-refractivity contribution is 6.76. The lowest BCUT2D eigenvalue weighted by atomic mass is 9.85. The quantitative estimate of drug-likeness (QED) is 0.0729. The summed E-state index contributed by atoms with van der Waals surface area (Å²) in [5.41, 5.74) is 2.44. The normalized spacial score (nSPS) is 15.6. The predicted octanol–water partition coefficient (Wildman–Crippen LogP) is 8.15. The van der Waals surface area contributed by atoms with Crippen LogP contribution in [-0.4, -0.2) is 55.4 Å². The summed E-state index contributed by atoms with van der Waals surface area (Å²) >= 11 is 0. The second kappa shape index (κ2) is 14.0. The lowest BCUT2D eigenvalue weighted by Crippen LogP contribution is -2.31. The summed E-state index contributed by atoms with van der Waals surface area (Å²) in [6.45, 7) is 10.8. The van der Waals surface area contributed by atoms with Crippen molar-refractivity contribution < 1.29 is 33.2 Å². The Morgan fingerprint density at radius 2 is 1.96 bits per heavy atom. The number of carbonyl (C=O) groups is 1. The zero-order valence-corrected chi connectivity index (χ0v) is 29.7. The molecule has 0 spiro atoms. The van der Waals surface area contributed by atoms with Crippen LogP contribution >= 0.6 is 0 Å². The van der Waals surface area contributed by atoms with Gasteiger partial charge in [0.1, 0.15) is 29.6 Å². The van der Waals surface area contributed by atoms with Gasteiger partial charge in [0.25, 0.3) is 0 Å². The van der Waals surface area contributed by atoms with Crippen LogP contribution in [0.3, 0.4) is 0 Å². The number of pyridine rings is 1. The largest absolute Gasteiger partial charge is 0.493 e. The standard InChI is InChI=1S/C38H47FN2O6Si/c1-6-17-46-32-13-10-25(21-33(32)44-2)31(42)14-16-38(43,27-11-12-27)34-22-26-15-18-47-37(26)35(40-34)29-23-41(24-45-19-20-48(3,4)5)36-28(29)8-7-9-30(36)39/h7-10,13,21-23,27,43H,6,11-12,14-20,24H2,1-5H3. The van der Waals surface area contributed by atoms with E-state index in [2.05, 4.69) is 19.6 Å². The Morgan fingerprint density at radius 1 is 1.15 bits per heavy atom. The molecular weight excluding hydrogens is 628 g/mol. The van der Waals surface area contributed by atoms with E-state index < -0.39 is 13.7 Å². The molecule has 6 rings (SSSR count). The van der Waals surface area contributed by atoms with Crippen molar-refractivity contribution in [2.24, 2.45) is 5.92 Å². The lowest BCUT2D eigenvalue weighted by molar-refractivity contribution is -0.00112. The number of aromatic nitrogens is 2. The number of ketones is 1. The second-order valence-corrected chi connectivity index (χ2v) is 19.9. The highest BCUT2D eigenvalue weighted by atomic mass is 28.3. The number of para-hydroxylation sites is 1. The van der Waals surface area contributed by atoms with Gasteiger partial charge >= 0.3 is 0 Å². The van der Waals surface area contributed by atoms with Crippen LogP contribution in [-0.2, 0) is 23.5 Å². The first-order chi connectivity index (χ1) is 23.0.